The van der Waals surface area contributed by atoms with Gasteiger partial charge >= 0.3 is 42.6 Å². The molecule has 7 heteroatoms. The van der Waals surface area contributed by atoms with Crippen molar-refractivity contribution in [2.24, 2.45) is 0 Å². The molecule has 1 saturated carbocycles. The molecule has 1 aliphatic carbocycles. The van der Waals surface area contributed by atoms with Crippen LogP contribution in [0.15, 0.2) is 0 Å². The van der Waals surface area contributed by atoms with E-state index in [9.17, 15) is 0 Å². The molecule has 73 valence electrons. The van der Waals surface area contributed by atoms with Crippen LogP contribution in [0.2, 0.25) is 6.55 Å². The van der Waals surface area contributed by atoms with Crippen molar-refractivity contribution in [2.45, 2.75) is 6.55 Å². The summed E-state index contributed by atoms with van der Waals surface area (Å²) in [5.74, 6) is 0. The Hall–Kier alpha value is 2.38. The van der Waals surface area contributed by atoms with E-state index in [0.717, 1.165) is 5.54 Å². The third-order valence-corrected chi connectivity index (χ3v) is 3.83. The summed E-state index contributed by atoms with van der Waals surface area (Å²) in [6.45, 7) is -0.142. The number of halogens is 5. The van der Waals surface area contributed by atoms with E-state index in [1.54, 1.807) is 0 Å². The third-order valence-electron chi connectivity index (χ3n) is 1.17. The molecule has 1 rings (SSSR count). The number of hydrogen-bond donors (Lipinski definition) is 0. The molecule has 0 aromatic heterocycles. The summed E-state index contributed by atoms with van der Waals surface area (Å²) in [5.41, 5.74) is 1.09. The van der Waals surface area contributed by atoms with Gasteiger partial charge in [0.1, 0.15) is 0 Å². The summed E-state index contributed by atoms with van der Waals surface area (Å²) in [4.78, 5) is 0. The first-order valence-corrected chi connectivity index (χ1v) is 14.2. The molecule has 0 spiro atoms. The van der Waals surface area contributed by atoms with Gasteiger partial charge in [0.15, 0.2) is 0 Å². The summed E-state index contributed by atoms with van der Waals surface area (Å²) in [7, 11) is 14.9. The van der Waals surface area contributed by atoms with Crippen LogP contribution in [0.5, 0.6) is 0 Å². The zero-order valence-corrected chi connectivity index (χ0v) is 13.0. The molecule has 0 aromatic carbocycles. The Morgan fingerprint density at radius 2 is 1.38 bits per heavy atom. The van der Waals surface area contributed by atoms with Crippen LogP contribution in [0, 0.1) is 31.2 Å². The predicted octanol–water partition coefficient (Wildman–Crippen LogP) is 4.55. The maximum absolute atomic E-state index is 5.90. The average molecular weight is 332 g/mol. The van der Waals surface area contributed by atoms with Gasteiger partial charge in [-0.25, -0.2) is 0 Å². The minimum absolute atomic E-state index is 1.09. The quantitative estimate of drug-likeness (QED) is 0.488. The van der Waals surface area contributed by atoms with Gasteiger partial charge in [-0.15, -0.1) is 22.2 Å². The van der Waals surface area contributed by atoms with Crippen molar-refractivity contribution in [1.29, 1.82) is 0 Å². The second kappa shape index (κ2) is 7.62. The van der Waals surface area contributed by atoms with Crippen LogP contribution in [0.1, 0.15) is 0 Å². The molecule has 5 radical (unpaired) electrons. The molecular formula is C6H7Cl5SiTi+. The van der Waals surface area contributed by atoms with E-state index in [-0.39, 0.29) is 0 Å². The molecule has 0 N–H and O–H groups in total. The summed E-state index contributed by atoms with van der Waals surface area (Å²) in [6, 6.07) is 0. The first-order chi connectivity index (χ1) is 5.84. The van der Waals surface area contributed by atoms with Crippen LogP contribution >= 0.6 is 50.1 Å². The maximum atomic E-state index is 5.90. The number of rotatable bonds is 1. The molecule has 1 aliphatic rings. The molecular weight excluding hydrogens is 325 g/mol. The van der Waals surface area contributed by atoms with Crippen LogP contribution in [0.25, 0.3) is 0 Å². The van der Waals surface area contributed by atoms with Gasteiger partial charge in [-0.3, -0.25) is 0 Å². The first kappa shape index (κ1) is 15.4. The summed E-state index contributed by atoms with van der Waals surface area (Å²) >= 11 is 9.89. The number of hydrogen-bond acceptors (Lipinski definition) is 0. The van der Waals surface area contributed by atoms with Crippen molar-refractivity contribution in [1.82, 2.24) is 0 Å². The van der Waals surface area contributed by atoms with Gasteiger partial charge in [-0.2, -0.15) is 0 Å². The van der Waals surface area contributed by atoms with Crippen LogP contribution in [-0.4, -0.2) is 6.69 Å². The fourth-order valence-electron chi connectivity index (χ4n) is 0.667. The minimum atomic E-state index is -2.04. The van der Waals surface area contributed by atoms with Crippen molar-refractivity contribution in [3.05, 3.63) is 31.2 Å². The van der Waals surface area contributed by atoms with Crippen molar-refractivity contribution < 1.29 is 14.7 Å². The fraction of sp³-hybridized carbons (Fsp3) is 0.167. The molecule has 1 fully saturated rings. The second-order valence-electron chi connectivity index (χ2n) is 2.28. The van der Waals surface area contributed by atoms with E-state index in [0.29, 0.717) is 0 Å². The van der Waals surface area contributed by atoms with E-state index >= 15 is 0 Å². The molecule has 13 heavy (non-hydrogen) atoms. The second-order valence-corrected chi connectivity index (χ2v) is 17.5. The molecule has 0 heterocycles. The molecule has 0 bridgehead atoms. The van der Waals surface area contributed by atoms with Gasteiger partial charge in [-0.1, -0.05) is 0 Å². The van der Waals surface area contributed by atoms with Gasteiger partial charge < -0.3 is 0 Å². The van der Waals surface area contributed by atoms with E-state index in [1.807, 2.05) is 32.2 Å². The first-order valence-electron chi connectivity index (χ1n) is 3.27. The molecule has 0 amide bonds. The Morgan fingerprint density at radius 3 is 1.54 bits per heavy atom. The Labute approximate surface area is 108 Å². The summed E-state index contributed by atoms with van der Waals surface area (Å²) < 4.78 is 0. The van der Waals surface area contributed by atoms with Gasteiger partial charge in [0, 0.05) is 5.54 Å². The Bertz CT molecular complexity index is 129. The van der Waals surface area contributed by atoms with Gasteiger partial charge in [0.2, 0.25) is 0 Å². The van der Waals surface area contributed by atoms with E-state index in [1.165, 1.54) is 0 Å². The monoisotopic (exact) mass is 330 g/mol. The third kappa shape index (κ3) is 9.32. The SMILES string of the molecule is C[Si](Cl)(Cl)[C]1[CH][CH][CH][CH]1.[Cl][Ti+]([Cl])[Cl]. The summed E-state index contributed by atoms with van der Waals surface area (Å²) in [5, 5.41) is 0. The molecule has 0 saturated heterocycles. The Morgan fingerprint density at radius 1 is 1.08 bits per heavy atom. The van der Waals surface area contributed by atoms with Crippen molar-refractivity contribution in [3.63, 3.8) is 0 Å². The van der Waals surface area contributed by atoms with Crippen LogP contribution in [0.3, 0.4) is 0 Å². The fourth-order valence-corrected chi connectivity index (χ4v) is 2.20. The zero-order valence-electron chi connectivity index (χ0n) is 6.70. The molecule has 0 atom stereocenters. The van der Waals surface area contributed by atoms with E-state index in [2.05, 4.69) is 0 Å². The van der Waals surface area contributed by atoms with Gasteiger partial charge in [-0.05, 0) is 32.2 Å². The zero-order chi connectivity index (χ0) is 10.5. The van der Waals surface area contributed by atoms with Gasteiger partial charge in [0.25, 0.3) is 6.69 Å². The van der Waals surface area contributed by atoms with Crippen molar-refractivity contribution in [3.8, 4) is 0 Å². The van der Waals surface area contributed by atoms with Crippen LogP contribution in [0.4, 0.5) is 0 Å². The molecule has 0 aromatic rings. The topological polar surface area (TPSA) is 0 Å². The molecule has 0 nitrogen and oxygen atoms in total. The Balaban J connectivity index is 0.000000310. The molecule has 0 unspecified atom stereocenters. The summed E-state index contributed by atoms with van der Waals surface area (Å²) in [6.07, 6.45) is 7.83. The van der Waals surface area contributed by atoms with E-state index < -0.39 is 21.4 Å². The predicted molar refractivity (Wildman–Crippen MR) is 61.3 cm³/mol. The standard InChI is InChI=1S/C6H7Cl2Si.3ClH.Ti/c1-9(7,8)6-4-2-3-5-6;;;;/h2-5H,1H3;3*1H;/q;;;;+4/p-3. The van der Waals surface area contributed by atoms with Crippen molar-refractivity contribution >= 4 is 56.8 Å². The van der Waals surface area contributed by atoms with Gasteiger partial charge in [0.05, 0.1) is 0 Å². The van der Waals surface area contributed by atoms with E-state index in [4.69, 9.17) is 50.1 Å². The molecule has 0 aliphatic heterocycles. The normalized spacial score (nSPS) is 18.0. The van der Waals surface area contributed by atoms with Crippen LogP contribution in [-0.2, 0) is 14.7 Å². The average Bonchev–Trinajstić information content (AvgIpc) is 2.31. The van der Waals surface area contributed by atoms with Crippen molar-refractivity contribution in [2.75, 3.05) is 0 Å². The van der Waals surface area contributed by atoms with Crippen LogP contribution < -0.4 is 0 Å². The Kier molecular flexibility index (Phi) is 9.02.